The zero-order chi connectivity index (χ0) is 36.0. The summed E-state index contributed by atoms with van der Waals surface area (Å²) in [4.78, 5) is 2.40. The molecule has 0 atom stereocenters. The lowest BCUT2D eigenvalue weighted by molar-refractivity contribution is 0.673. The van der Waals surface area contributed by atoms with Crippen molar-refractivity contribution in [3.63, 3.8) is 0 Å². The number of anilines is 3. The largest absolute Gasteiger partial charge is 0.455 e. The smallest absolute Gasteiger partial charge is 0.145 e. The third-order valence-electron chi connectivity index (χ3n) is 11.5. The summed E-state index contributed by atoms with van der Waals surface area (Å²) in [5, 5.41) is 12.1. The zero-order valence-corrected chi connectivity index (χ0v) is 29.8. The quantitative estimate of drug-likeness (QED) is 0.167. The first-order chi connectivity index (χ1) is 27.3. The molecule has 55 heavy (non-hydrogen) atoms. The molecule has 12 aromatic rings. The van der Waals surface area contributed by atoms with Crippen LogP contribution in [0.1, 0.15) is 0 Å². The van der Waals surface area contributed by atoms with Crippen molar-refractivity contribution >= 4 is 93.1 Å². The third-order valence-corrected chi connectivity index (χ3v) is 11.5. The maximum Gasteiger partial charge on any atom is 0.145 e. The van der Waals surface area contributed by atoms with Gasteiger partial charge in [-0.3, -0.25) is 0 Å². The molecule has 256 valence electrons. The van der Waals surface area contributed by atoms with Crippen LogP contribution in [-0.2, 0) is 0 Å². The summed E-state index contributed by atoms with van der Waals surface area (Å²) in [6, 6.07) is 70.1. The molecular weight excluding hydrogens is 669 g/mol. The van der Waals surface area contributed by atoms with Crippen LogP contribution in [0, 0.1) is 0 Å². The molecule has 3 nitrogen and oxygen atoms in total. The zero-order valence-electron chi connectivity index (χ0n) is 29.8. The van der Waals surface area contributed by atoms with E-state index in [1.165, 1.54) is 48.8 Å². The van der Waals surface area contributed by atoms with Crippen molar-refractivity contribution in [3.05, 3.63) is 194 Å². The number of para-hydroxylation sites is 2. The minimum absolute atomic E-state index is 0.861. The lowest BCUT2D eigenvalue weighted by Gasteiger charge is -2.28. The van der Waals surface area contributed by atoms with E-state index in [9.17, 15) is 0 Å². The lowest BCUT2D eigenvalue weighted by Crippen LogP contribution is -2.10. The average molecular weight is 701 g/mol. The highest BCUT2D eigenvalue weighted by molar-refractivity contribution is 6.27. The first kappa shape index (κ1) is 30.1. The molecule has 2 heterocycles. The van der Waals surface area contributed by atoms with Gasteiger partial charge in [-0.15, -0.1) is 0 Å². The van der Waals surface area contributed by atoms with Gasteiger partial charge in [-0.25, -0.2) is 0 Å². The summed E-state index contributed by atoms with van der Waals surface area (Å²) in [5.41, 5.74) is 10.8. The third kappa shape index (κ3) is 4.44. The molecule has 0 aliphatic rings. The van der Waals surface area contributed by atoms with Gasteiger partial charge < -0.3 is 13.9 Å². The van der Waals surface area contributed by atoms with Crippen LogP contribution >= 0.6 is 0 Å². The minimum atomic E-state index is 0.861. The Kier molecular flexibility index (Phi) is 6.34. The molecular formula is C52H32N2O. The fourth-order valence-corrected chi connectivity index (χ4v) is 9.06. The van der Waals surface area contributed by atoms with Crippen molar-refractivity contribution in [1.82, 2.24) is 4.57 Å². The molecule has 0 radical (unpaired) electrons. The van der Waals surface area contributed by atoms with Crippen LogP contribution < -0.4 is 4.90 Å². The van der Waals surface area contributed by atoms with E-state index >= 15 is 0 Å². The predicted octanol–water partition coefficient (Wildman–Crippen LogP) is 14.7. The summed E-state index contributed by atoms with van der Waals surface area (Å²) < 4.78 is 9.36. The Bertz CT molecular complexity index is 3410. The van der Waals surface area contributed by atoms with Gasteiger partial charge in [0.25, 0.3) is 0 Å². The van der Waals surface area contributed by atoms with E-state index < -0.39 is 0 Å². The van der Waals surface area contributed by atoms with E-state index in [1.54, 1.807) is 0 Å². The number of furan rings is 1. The number of nitrogens with zero attached hydrogens (tertiary/aromatic N) is 2. The molecule has 0 fully saturated rings. The molecule has 0 unspecified atom stereocenters. The van der Waals surface area contributed by atoms with Crippen molar-refractivity contribution in [2.24, 2.45) is 0 Å². The van der Waals surface area contributed by atoms with Gasteiger partial charge in [-0.1, -0.05) is 127 Å². The van der Waals surface area contributed by atoms with Crippen LogP contribution in [0.2, 0.25) is 0 Å². The SMILES string of the molecule is c1ccc(-c2ccc(N(c3ccc4c(c3)oc3c4ccc4c3c3ccccc3n4-c3ccccc3)c3cc4cccc5ccc6cccc3c6c54)cc2)cc1. The predicted molar refractivity (Wildman–Crippen MR) is 232 cm³/mol. The minimum Gasteiger partial charge on any atom is -0.455 e. The van der Waals surface area contributed by atoms with Crippen LogP contribution in [0.15, 0.2) is 199 Å². The number of rotatable bonds is 5. The van der Waals surface area contributed by atoms with Crippen molar-refractivity contribution in [2.45, 2.75) is 0 Å². The summed E-state index contributed by atoms with van der Waals surface area (Å²) in [5.74, 6) is 0. The van der Waals surface area contributed by atoms with E-state index in [0.717, 1.165) is 61.1 Å². The van der Waals surface area contributed by atoms with Gasteiger partial charge in [-0.05, 0) is 98.7 Å². The molecule has 0 aliphatic carbocycles. The van der Waals surface area contributed by atoms with Crippen molar-refractivity contribution in [3.8, 4) is 16.8 Å². The van der Waals surface area contributed by atoms with Gasteiger partial charge in [0.1, 0.15) is 11.2 Å². The Labute approximate surface area is 316 Å². The highest BCUT2D eigenvalue weighted by atomic mass is 16.3. The van der Waals surface area contributed by atoms with Gasteiger partial charge in [0, 0.05) is 44.7 Å². The number of benzene rings is 10. The fourth-order valence-electron chi connectivity index (χ4n) is 9.06. The molecule has 2 aromatic heterocycles. The van der Waals surface area contributed by atoms with Gasteiger partial charge >= 0.3 is 0 Å². The molecule has 0 N–H and O–H groups in total. The number of hydrogen-bond donors (Lipinski definition) is 0. The maximum absolute atomic E-state index is 7.02. The van der Waals surface area contributed by atoms with E-state index in [1.807, 2.05) is 0 Å². The second-order valence-corrected chi connectivity index (χ2v) is 14.5. The normalized spacial score (nSPS) is 12.0. The van der Waals surface area contributed by atoms with E-state index in [0.29, 0.717) is 0 Å². The van der Waals surface area contributed by atoms with Gasteiger partial charge in [0.15, 0.2) is 0 Å². The number of fused-ring (bicyclic) bond motifs is 7. The van der Waals surface area contributed by atoms with Gasteiger partial charge in [0.2, 0.25) is 0 Å². The molecule has 0 saturated carbocycles. The van der Waals surface area contributed by atoms with Crippen molar-refractivity contribution in [2.75, 3.05) is 4.90 Å². The molecule has 0 bridgehead atoms. The molecule has 0 saturated heterocycles. The number of hydrogen-bond acceptors (Lipinski definition) is 2. The molecule has 0 amide bonds. The Morgan fingerprint density at radius 1 is 0.382 bits per heavy atom. The van der Waals surface area contributed by atoms with Gasteiger partial charge in [-0.2, -0.15) is 0 Å². The van der Waals surface area contributed by atoms with E-state index in [2.05, 4.69) is 204 Å². The molecule has 12 rings (SSSR count). The van der Waals surface area contributed by atoms with Crippen LogP contribution in [-0.4, -0.2) is 4.57 Å². The van der Waals surface area contributed by atoms with Crippen molar-refractivity contribution in [1.29, 1.82) is 0 Å². The highest BCUT2D eigenvalue weighted by Crippen LogP contribution is 2.47. The van der Waals surface area contributed by atoms with Gasteiger partial charge in [0.05, 0.1) is 22.1 Å². The van der Waals surface area contributed by atoms with Crippen molar-refractivity contribution < 1.29 is 4.42 Å². The monoisotopic (exact) mass is 700 g/mol. The van der Waals surface area contributed by atoms with E-state index in [4.69, 9.17) is 4.42 Å². The van der Waals surface area contributed by atoms with Crippen LogP contribution in [0.3, 0.4) is 0 Å². The standard InChI is InChI=1S/C52H32N2O/c1-3-11-33(12-4-1)34-23-25-39(26-24-34)53(47-31-37-15-9-13-35-21-22-36-14-10-19-44(47)50(36)49(35)37)40-27-28-41-42-29-30-46-51(52(42)55-48(41)32-40)43-18-7-8-20-45(43)54(46)38-16-5-2-6-17-38/h1-32H. The Morgan fingerprint density at radius 2 is 1.04 bits per heavy atom. The Morgan fingerprint density at radius 3 is 1.87 bits per heavy atom. The highest BCUT2D eigenvalue weighted by Gasteiger charge is 2.22. The van der Waals surface area contributed by atoms with Crippen LogP contribution in [0.5, 0.6) is 0 Å². The van der Waals surface area contributed by atoms with Crippen LogP contribution in [0.4, 0.5) is 17.1 Å². The molecule has 0 spiro atoms. The first-order valence-electron chi connectivity index (χ1n) is 18.8. The number of aromatic nitrogens is 1. The summed E-state index contributed by atoms with van der Waals surface area (Å²) in [6.07, 6.45) is 0. The lowest BCUT2D eigenvalue weighted by atomic mass is 9.92. The summed E-state index contributed by atoms with van der Waals surface area (Å²) in [7, 11) is 0. The second-order valence-electron chi connectivity index (χ2n) is 14.5. The fraction of sp³-hybridized carbons (Fsp3) is 0. The topological polar surface area (TPSA) is 21.3 Å². The molecule has 0 aliphatic heterocycles. The first-order valence-corrected chi connectivity index (χ1v) is 18.8. The Balaban J connectivity index is 1.11. The molecule has 3 heteroatoms. The Hall–Kier alpha value is -7.36. The van der Waals surface area contributed by atoms with Crippen LogP contribution in [0.25, 0.3) is 92.9 Å². The maximum atomic E-state index is 7.02. The van der Waals surface area contributed by atoms with E-state index in [-0.39, 0.29) is 0 Å². The summed E-state index contributed by atoms with van der Waals surface area (Å²) in [6.45, 7) is 0. The molecule has 10 aromatic carbocycles. The summed E-state index contributed by atoms with van der Waals surface area (Å²) >= 11 is 0. The second kappa shape index (κ2) is 11.6. The average Bonchev–Trinajstić information content (AvgIpc) is 3.79.